The van der Waals surface area contributed by atoms with Gasteiger partial charge in [0.25, 0.3) is 5.91 Å². The molecule has 0 radical (unpaired) electrons. The first-order valence-corrected chi connectivity index (χ1v) is 8.06. The highest BCUT2D eigenvalue weighted by Gasteiger charge is 2.16. The van der Waals surface area contributed by atoms with E-state index in [0.29, 0.717) is 23.5 Å². The van der Waals surface area contributed by atoms with Crippen molar-refractivity contribution in [3.8, 4) is 17.2 Å². The summed E-state index contributed by atoms with van der Waals surface area (Å²) in [6.07, 6.45) is 1.37. The molecule has 0 aliphatic heterocycles. The first kappa shape index (κ1) is 19.7. The number of nitrogens with zero attached hydrogens (tertiary/aromatic N) is 2. The third-order valence-electron chi connectivity index (χ3n) is 3.36. The average molecular weight is 373 g/mol. The molecule has 2 N–H and O–H groups in total. The Morgan fingerprint density at radius 3 is 2.74 bits per heavy atom. The van der Waals surface area contributed by atoms with Gasteiger partial charge in [0.05, 0.1) is 17.7 Å². The minimum Gasteiger partial charge on any atom is -0.504 e. The largest absolute Gasteiger partial charge is 0.504 e. The van der Waals surface area contributed by atoms with Crippen molar-refractivity contribution >= 4 is 17.8 Å². The van der Waals surface area contributed by atoms with Crippen LogP contribution in [0.4, 0.5) is 5.69 Å². The molecule has 0 aliphatic rings. The summed E-state index contributed by atoms with van der Waals surface area (Å²) in [5.74, 6) is -0.261. The van der Waals surface area contributed by atoms with Crippen molar-refractivity contribution in [1.82, 2.24) is 5.43 Å². The van der Waals surface area contributed by atoms with Crippen LogP contribution in [0.3, 0.4) is 0 Å². The molecule has 0 unspecified atom stereocenters. The maximum atomic E-state index is 11.8. The lowest BCUT2D eigenvalue weighted by Crippen LogP contribution is -2.24. The average Bonchev–Trinajstić information content (AvgIpc) is 2.63. The van der Waals surface area contributed by atoms with Crippen LogP contribution in [0.1, 0.15) is 18.1 Å². The Bertz CT molecular complexity index is 866. The lowest BCUT2D eigenvalue weighted by molar-refractivity contribution is -0.385. The number of benzene rings is 2. The van der Waals surface area contributed by atoms with Crippen molar-refractivity contribution in [2.24, 2.45) is 5.10 Å². The topological polar surface area (TPSA) is 123 Å². The molecule has 0 saturated carbocycles. The zero-order valence-electron chi connectivity index (χ0n) is 14.8. The number of nitrogens with one attached hydrogen (secondary N) is 1. The molecule has 0 spiro atoms. The number of nitro groups is 1. The molecule has 2 aromatic carbocycles. The van der Waals surface area contributed by atoms with Crippen molar-refractivity contribution in [1.29, 1.82) is 0 Å². The van der Waals surface area contributed by atoms with Gasteiger partial charge >= 0.3 is 5.69 Å². The lowest BCUT2D eigenvalue weighted by Gasteiger charge is -2.07. The van der Waals surface area contributed by atoms with Gasteiger partial charge in [-0.1, -0.05) is 6.07 Å². The van der Waals surface area contributed by atoms with E-state index in [0.717, 1.165) is 0 Å². The summed E-state index contributed by atoms with van der Waals surface area (Å²) < 4.78 is 10.5. The Labute approximate surface area is 155 Å². The van der Waals surface area contributed by atoms with Crippen LogP contribution in [0.15, 0.2) is 41.5 Å². The van der Waals surface area contributed by atoms with E-state index >= 15 is 0 Å². The fourth-order valence-corrected chi connectivity index (χ4v) is 2.13. The second-order valence-electron chi connectivity index (χ2n) is 5.47. The molecular formula is C18H19N3O6. The number of carbonyl (C=O) groups is 1. The van der Waals surface area contributed by atoms with Gasteiger partial charge in [-0.2, -0.15) is 5.10 Å². The van der Waals surface area contributed by atoms with Gasteiger partial charge in [-0.05, 0) is 49.2 Å². The second-order valence-corrected chi connectivity index (χ2v) is 5.47. The third kappa shape index (κ3) is 5.70. The van der Waals surface area contributed by atoms with Crippen LogP contribution in [0.25, 0.3) is 0 Å². The van der Waals surface area contributed by atoms with E-state index < -0.39 is 17.4 Å². The van der Waals surface area contributed by atoms with Crippen LogP contribution < -0.4 is 14.9 Å². The summed E-state index contributed by atoms with van der Waals surface area (Å²) >= 11 is 0. The molecule has 0 saturated heterocycles. The van der Waals surface area contributed by atoms with Crippen molar-refractivity contribution < 1.29 is 24.3 Å². The molecule has 0 atom stereocenters. The van der Waals surface area contributed by atoms with E-state index in [-0.39, 0.29) is 17.2 Å². The van der Waals surface area contributed by atoms with E-state index in [1.165, 1.54) is 24.4 Å². The van der Waals surface area contributed by atoms with Gasteiger partial charge in [0, 0.05) is 6.07 Å². The third-order valence-corrected chi connectivity index (χ3v) is 3.36. The Kier molecular flexibility index (Phi) is 6.70. The number of nitro benzene ring substituents is 1. The Morgan fingerprint density at radius 1 is 1.26 bits per heavy atom. The van der Waals surface area contributed by atoms with Gasteiger partial charge in [-0.25, -0.2) is 5.43 Å². The minimum atomic E-state index is -0.579. The van der Waals surface area contributed by atoms with E-state index in [1.54, 1.807) is 32.0 Å². The van der Waals surface area contributed by atoms with Gasteiger partial charge in [0.15, 0.2) is 23.9 Å². The Hall–Kier alpha value is -3.62. The molecule has 27 heavy (non-hydrogen) atoms. The van der Waals surface area contributed by atoms with Crippen molar-refractivity contribution in [2.45, 2.75) is 13.8 Å². The smallest absolute Gasteiger partial charge is 0.311 e. The van der Waals surface area contributed by atoms with Crippen LogP contribution in [0, 0.1) is 17.0 Å². The van der Waals surface area contributed by atoms with Gasteiger partial charge < -0.3 is 14.6 Å². The zero-order valence-corrected chi connectivity index (χ0v) is 14.8. The number of hydrogen-bond acceptors (Lipinski definition) is 7. The number of hydrogen-bond donors (Lipinski definition) is 2. The molecule has 1 amide bonds. The van der Waals surface area contributed by atoms with E-state index in [1.807, 2.05) is 0 Å². The van der Waals surface area contributed by atoms with Gasteiger partial charge in [-0.3, -0.25) is 14.9 Å². The summed E-state index contributed by atoms with van der Waals surface area (Å²) in [6, 6.07) is 9.08. The summed E-state index contributed by atoms with van der Waals surface area (Å²) in [4.78, 5) is 22.2. The molecule has 0 bridgehead atoms. The fourth-order valence-electron chi connectivity index (χ4n) is 2.13. The van der Waals surface area contributed by atoms with Crippen molar-refractivity contribution in [3.05, 3.63) is 57.6 Å². The highest BCUT2D eigenvalue weighted by molar-refractivity contribution is 5.83. The molecule has 0 aromatic heterocycles. The monoisotopic (exact) mass is 373 g/mol. The van der Waals surface area contributed by atoms with E-state index in [2.05, 4.69) is 10.5 Å². The first-order valence-electron chi connectivity index (χ1n) is 8.06. The maximum Gasteiger partial charge on any atom is 0.311 e. The molecule has 2 rings (SSSR count). The fraction of sp³-hybridized carbons (Fsp3) is 0.222. The number of phenols is 1. The summed E-state index contributed by atoms with van der Waals surface area (Å²) in [5, 5.41) is 24.4. The molecular weight excluding hydrogens is 354 g/mol. The molecule has 142 valence electrons. The lowest BCUT2D eigenvalue weighted by atomic mass is 10.2. The number of rotatable bonds is 8. The second kappa shape index (κ2) is 9.18. The van der Waals surface area contributed by atoms with Crippen LogP contribution in [0.2, 0.25) is 0 Å². The standard InChI is InChI=1S/C18H19N3O6/c1-3-26-17-9-13(5-6-15(17)22)10-19-20-18(23)11-27-16-7-4-12(2)8-14(16)21(24)25/h4-10,22H,3,11H2,1-2H3,(H,20,23). The predicted octanol–water partition coefficient (Wildman–Crippen LogP) is 2.54. The number of phenolic OH excluding ortho intramolecular Hbond substituents is 1. The van der Waals surface area contributed by atoms with Gasteiger partial charge in [-0.15, -0.1) is 0 Å². The number of aromatic hydroxyl groups is 1. The SMILES string of the molecule is CCOc1cc(C=NNC(=O)COc2ccc(C)cc2[N+](=O)[O-])ccc1O. The number of aryl methyl sites for hydroxylation is 1. The Balaban J connectivity index is 1.93. The van der Waals surface area contributed by atoms with Crippen LogP contribution in [-0.2, 0) is 4.79 Å². The van der Waals surface area contributed by atoms with Crippen molar-refractivity contribution in [2.75, 3.05) is 13.2 Å². The molecule has 9 heteroatoms. The zero-order chi connectivity index (χ0) is 19.8. The number of amides is 1. The van der Waals surface area contributed by atoms with Gasteiger partial charge in [0.1, 0.15) is 0 Å². The Morgan fingerprint density at radius 2 is 2.04 bits per heavy atom. The summed E-state index contributed by atoms with van der Waals surface area (Å²) in [5.41, 5.74) is 3.37. The summed E-state index contributed by atoms with van der Waals surface area (Å²) in [7, 11) is 0. The van der Waals surface area contributed by atoms with Crippen LogP contribution in [0.5, 0.6) is 17.2 Å². The predicted molar refractivity (Wildman–Crippen MR) is 98.3 cm³/mol. The van der Waals surface area contributed by atoms with Crippen molar-refractivity contribution in [3.63, 3.8) is 0 Å². The highest BCUT2D eigenvalue weighted by atomic mass is 16.6. The summed E-state index contributed by atoms with van der Waals surface area (Å²) in [6.45, 7) is 3.48. The molecule has 2 aromatic rings. The maximum absolute atomic E-state index is 11.8. The van der Waals surface area contributed by atoms with Gasteiger partial charge in [0.2, 0.25) is 0 Å². The number of ether oxygens (including phenoxy) is 2. The molecule has 0 heterocycles. The quantitative estimate of drug-likeness (QED) is 0.416. The number of carbonyl (C=O) groups excluding carboxylic acids is 1. The minimum absolute atomic E-state index is 0.00428. The molecule has 9 nitrogen and oxygen atoms in total. The van der Waals surface area contributed by atoms with E-state index in [4.69, 9.17) is 9.47 Å². The van der Waals surface area contributed by atoms with Crippen LogP contribution in [-0.4, -0.2) is 35.4 Å². The molecule has 0 fully saturated rings. The first-order chi connectivity index (χ1) is 12.9. The van der Waals surface area contributed by atoms with E-state index in [9.17, 15) is 20.0 Å². The van der Waals surface area contributed by atoms with Crippen LogP contribution >= 0.6 is 0 Å². The normalized spacial score (nSPS) is 10.6. The highest BCUT2D eigenvalue weighted by Crippen LogP contribution is 2.27. The molecule has 0 aliphatic carbocycles. The number of hydrazone groups is 1.